The summed E-state index contributed by atoms with van der Waals surface area (Å²) in [6.45, 7) is 9.19. The molecule has 0 spiro atoms. The number of sulfone groups is 1. The van der Waals surface area contributed by atoms with Crippen molar-refractivity contribution in [2.75, 3.05) is 43.9 Å². The lowest BCUT2D eigenvalue weighted by molar-refractivity contribution is 0.0739. The van der Waals surface area contributed by atoms with Crippen molar-refractivity contribution in [1.29, 1.82) is 0 Å². The van der Waals surface area contributed by atoms with Crippen LogP contribution in [0.1, 0.15) is 48.4 Å². The fourth-order valence-electron chi connectivity index (χ4n) is 3.63. The van der Waals surface area contributed by atoms with Crippen LogP contribution >= 0.6 is 0 Å². The first-order chi connectivity index (χ1) is 15.8. The Morgan fingerprint density at radius 1 is 1.03 bits per heavy atom. The van der Waals surface area contributed by atoms with Gasteiger partial charge < -0.3 is 14.5 Å². The average Bonchev–Trinajstić information content (AvgIpc) is 2.76. The molecule has 7 nitrogen and oxygen atoms in total. The molecule has 0 aliphatic carbocycles. The third-order valence-corrected chi connectivity index (χ3v) is 6.64. The summed E-state index contributed by atoms with van der Waals surface area (Å²) in [5, 5.41) is 0. The van der Waals surface area contributed by atoms with Crippen molar-refractivity contribution in [1.82, 2.24) is 4.90 Å². The molecule has 184 valence electrons. The maximum Gasteiger partial charge on any atom is 0.257 e. The lowest BCUT2D eigenvalue weighted by Crippen LogP contribution is -2.49. The minimum Gasteiger partial charge on any atom is -0.492 e. The molecule has 1 aliphatic heterocycles. The van der Waals surface area contributed by atoms with Crippen molar-refractivity contribution in [2.24, 2.45) is 5.41 Å². The van der Waals surface area contributed by atoms with Gasteiger partial charge in [0, 0.05) is 38.0 Å². The highest BCUT2D eigenvalue weighted by Crippen LogP contribution is 2.28. The molecule has 2 aromatic carbocycles. The number of benzene rings is 2. The van der Waals surface area contributed by atoms with E-state index in [-0.39, 0.29) is 27.6 Å². The number of rotatable bonds is 6. The first-order valence-corrected chi connectivity index (χ1v) is 13.0. The van der Waals surface area contributed by atoms with Crippen LogP contribution in [0.5, 0.6) is 5.75 Å². The SMILES string of the molecule is CC(=O)c1ccc(N2CCN(C(=O)c3cc(S(C)(=O)=O)ccc3OCC(C)(C)C)CC2)c(F)c1. The van der Waals surface area contributed by atoms with Crippen LogP contribution in [0.25, 0.3) is 0 Å². The number of amides is 1. The lowest BCUT2D eigenvalue weighted by atomic mass is 9.98. The van der Waals surface area contributed by atoms with Crippen LogP contribution in [0.4, 0.5) is 10.1 Å². The number of hydrogen-bond donors (Lipinski definition) is 0. The van der Waals surface area contributed by atoms with Crippen molar-refractivity contribution in [2.45, 2.75) is 32.6 Å². The topological polar surface area (TPSA) is 84.0 Å². The normalized spacial score (nSPS) is 14.8. The zero-order valence-electron chi connectivity index (χ0n) is 20.2. The standard InChI is InChI=1S/C25H31FN2O5S/c1-17(29)18-6-8-22(21(26)14-18)27-10-12-28(13-11-27)24(30)20-15-19(34(5,31)32)7-9-23(20)33-16-25(2,3)4/h6-9,14-15H,10-13,16H2,1-5H3. The number of ether oxygens (including phenoxy) is 1. The van der Waals surface area contributed by atoms with E-state index in [9.17, 15) is 22.4 Å². The zero-order chi connectivity index (χ0) is 25.3. The largest absolute Gasteiger partial charge is 0.492 e. The molecule has 0 atom stereocenters. The van der Waals surface area contributed by atoms with Gasteiger partial charge in [0.25, 0.3) is 5.91 Å². The highest BCUT2D eigenvalue weighted by Gasteiger charge is 2.27. The van der Waals surface area contributed by atoms with E-state index in [1.807, 2.05) is 25.7 Å². The summed E-state index contributed by atoms with van der Waals surface area (Å²) in [6, 6.07) is 8.73. The molecule has 0 unspecified atom stereocenters. The molecule has 0 bridgehead atoms. The third-order valence-electron chi connectivity index (χ3n) is 5.53. The van der Waals surface area contributed by atoms with Gasteiger partial charge in [-0.2, -0.15) is 0 Å². The monoisotopic (exact) mass is 490 g/mol. The Bertz CT molecular complexity index is 1200. The minimum absolute atomic E-state index is 0.0465. The van der Waals surface area contributed by atoms with E-state index in [0.29, 0.717) is 49.8 Å². The molecule has 1 heterocycles. The van der Waals surface area contributed by atoms with Crippen molar-refractivity contribution < 1.29 is 27.1 Å². The number of nitrogens with zero attached hydrogens (tertiary/aromatic N) is 2. The summed E-state index contributed by atoms with van der Waals surface area (Å²) in [6.07, 6.45) is 1.09. The van der Waals surface area contributed by atoms with Crippen LogP contribution in [-0.2, 0) is 9.84 Å². The number of carbonyl (C=O) groups is 2. The Kier molecular flexibility index (Phi) is 7.35. The van der Waals surface area contributed by atoms with E-state index in [0.717, 1.165) is 6.26 Å². The molecule has 0 radical (unpaired) electrons. The van der Waals surface area contributed by atoms with Crippen LogP contribution in [-0.4, -0.2) is 64.0 Å². The second kappa shape index (κ2) is 9.74. The van der Waals surface area contributed by atoms with Crippen LogP contribution in [0.15, 0.2) is 41.3 Å². The van der Waals surface area contributed by atoms with Gasteiger partial charge in [-0.05, 0) is 48.7 Å². The summed E-state index contributed by atoms with van der Waals surface area (Å²) in [5.41, 5.74) is 0.732. The molecule has 2 aromatic rings. The molecule has 0 aromatic heterocycles. The smallest absolute Gasteiger partial charge is 0.257 e. The molecule has 9 heteroatoms. The Balaban J connectivity index is 1.80. The van der Waals surface area contributed by atoms with Gasteiger partial charge in [0.15, 0.2) is 15.6 Å². The summed E-state index contributed by atoms with van der Waals surface area (Å²) in [5.74, 6) is -0.685. The van der Waals surface area contributed by atoms with Gasteiger partial charge in [-0.3, -0.25) is 9.59 Å². The average molecular weight is 491 g/mol. The van der Waals surface area contributed by atoms with Gasteiger partial charge in [0.1, 0.15) is 11.6 Å². The number of hydrogen-bond acceptors (Lipinski definition) is 6. The molecular formula is C25H31FN2O5S. The van der Waals surface area contributed by atoms with E-state index in [2.05, 4.69) is 0 Å². The predicted octanol–water partition coefficient (Wildman–Crippen LogP) is 3.82. The number of piperazine rings is 1. The van der Waals surface area contributed by atoms with Crippen LogP contribution in [0.2, 0.25) is 0 Å². The van der Waals surface area contributed by atoms with Crippen LogP contribution in [0.3, 0.4) is 0 Å². The van der Waals surface area contributed by atoms with E-state index in [4.69, 9.17) is 4.74 Å². The van der Waals surface area contributed by atoms with E-state index in [1.165, 1.54) is 31.2 Å². The molecule has 1 fully saturated rings. The molecule has 3 rings (SSSR count). The minimum atomic E-state index is -3.51. The molecule has 34 heavy (non-hydrogen) atoms. The molecule has 1 amide bonds. The number of anilines is 1. The van der Waals surface area contributed by atoms with E-state index >= 15 is 0 Å². The van der Waals surface area contributed by atoms with E-state index < -0.39 is 15.7 Å². The Morgan fingerprint density at radius 3 is 2.21 bits per heavy atom. The summed E-state index contributed by atoms with van der Waals surface area (Å²) >= 11 is 0. The van der Waals surface area contributed by atoms with Crippen molar-refractivity contribution >= 4 is 27.2 Å². The summed E-state index contributed by atoms with van der Waals surface area (Å²) in [7, 11) is -3.51. The van der Waals surface area contributed by atoms with Crippen LogP contribution in [0, 0.1) is 11.2 Å². The Hall–Kier alpha value is -2.94. The van der Waals surface area contributed by atoms with Gasteiger partial charge in [0.2, 0.25) is 0 Å². The number of ketones is 1. The summed E-state index contributed by atoms with van der Waals surface area (Å²) in [4.78, 5) is 28.3. The number of Topliss-reactive ketones (excluding diaryl/α,β-unsaturated/α-hetero) is 1. The fourth-order valence-corrected chi connectivity index (χ4v) is 4.28. The quantitative estimate of drug-likeness (QED) is 0.573. The van der Waals surface area contributed by atoms with Gasteiger partial charge in [0.05, 0.1) is 22.8 Å². The van der Waals surface area contributed by atoms with Gasteiger partial charge in [-0.1, -0.05) is 20.8 Å². The van der Waals surface area contributed by atoms with Gasteiger partial charge >= 0.3 is 0 Å². The molecule has 1 saturated heterocycles. The highest BCUT2D eigenvalue weighted by molar-refractivity contribution is 7.90. The molecular weight excluding hydrogens is 459 g/mol. The first-order valence-electron chi connectivity index (χ1n) is 11.1. The third kappa shape index (κ3) is 6.14. The molecule has 0 N–H and O–H groups in total. The molecule has 1 aliphatic rings. The van der Waals surface area contributed by atoms with Crippen molar-refractivity contribution in [3.8, 4) is 5.75 Å². The zero-order valence-corrected chi connectivity index (χ0v) is 21.0. The lowest BCUT2D eigenvalue weighted by Gasteiger charge is -2.36. The Labute approximate surface area is 200 Å². The predicted molar refractivity (Wildman–Crippen MR) is 129 cm³/mol. The Morgan fingerprint density at radius 2 is 1.68 bits per heavy atom. The second-order valence-corrected chi connectivity index (χ2v) is 11.8. The fraction of sp³-hybridized carbons (Fsp3) is 0.440. The van der Waals surface area contributed by atoms with Gasteiger partial charge in [-0.15, -0.1) is 0 Å². The second-order valence-electron chi connectivity index (χ2n) is 9.78. The first kappa shape index (κ1) is 25.7. The number of carbonyl (C=O) groups excluding carboxylic acids is 2. The summed E-state index contributed by atoms with van der Waals surface area (Å²) < 4.78 is 44.6. The highest BCUT2D eigenvalue weighted by atomic mass is 32.2. The van der Waals surface area contributed by atoms with Crippen molar-refractivity contribution in [3.05, 3.63) is 53.3 Å². The molecule has 0 saturated carbocycles. The maximum atomic E-state index is 14.6. The van der Waals surface area contributed by atoms with Crippen molar-refractivity contribution in [3.63, 3.8) is 0 Å². The van der Waals surface area contributed by atoms with Gasteiger partial charge in [-0.25, -0.2) is 12.8 Å². The maximum absolute atomic E-state index is 14.6. The number of halogens is 1. The van der Waals surface area contributed by atoms with E-state index in [1.54, 1.807) is 17.0 Å². The van der Waals surface area contributed by atoms with Crippen LogP contribution < -0.4 is 9.64 Å².